The van der Waals surface area contributed by atoms with Crippen molar-refractivity contribution >= 4 is 28.1 Å². The second kappa shape index (κ2) is 4.71. The van der Waals surface area contributed by atoms with Crippen molar-refractivity contribution in [3.8, 4) is 6.07 Å². The fourth-order valence-electron chi connectivity index (χ4n) is 3.64. The molecule has 2 fully saturated rings. The third kappa shape index (κ3) is 2.10. The summed E-state index contributed by atoms with van der Waals surface area (Å²) in [6.07, 6.45) is 5.58. The van der Waals surface area contributed by atoms with E-state index in [0.29, 0.717) is 16.1 Å². The molecule has 1 N–H and O–H groups in total. The molecule has 3 nitrogen and oxygen atoms in total. The van der Waals surface area contributed by atoms with Crippen molar-refractivity contribution < 1.29 is 0 Å². The highest BCUT2D eigenvalue weighted by molar-refractivity contribution is 7.16. The van der Waals surface area contributed by atoms with Gasteiger partial charge in [-0.15, -0.1) is 0 Å². The van der Waals surface area contributed by atoms with E-state index in [0.717, 1.165) is 22.9 Å². The van der Waals surface area contributed by atoms with Crippen LogP contribution in [0.2, 0.25) is 5.15 Å². The van der Waals surface area contributed by atoms with Crippen molar-refractivity contribution in [2.75, 3.05) is 5.32 Å². The zero-order chi connectivity index (χ0) is 12.7. The van der Waals surface area contributed by atoms with Gasteiger partial charge < -0.3 is 5.32 Å². The molecule has 18 heavy (non-hydrogen) atoms. The summed E-state index contributed by atoms with van der Waals surface area (Å²) < 4.78 is 0. The molecule has 0 saturated heterocycles. The fraction of sp³-hybridized carbons (Fsp3) is 0.692. The van der Waals surface area contributed by atoms with Gasteiger partial charge in [0, 0.05) is 6.04 Å². The van der Waals surface area contributed by atoms with Crippen LogP contribution in [-0.4, -0.2) is 11.0 Å². The number of anilines is 1. The Balaban J connectivity index is 1.67. The van der Waals surface area contributed by atoms with Crippen molar-refractivity contribution in [1.29, 1.82) is 5.26 Å². The maximum atomic E-state index is 8.87. The number of rotatable bonds is 3. The standard InChI is InChI=1S/C13H16ClN3S/c1-7(10-5-8-2-3-9(10)4-8)16-13-17-12(14)11(6-15)18-13/h7-10H,2-5H2,1H3,(H,16,17). The van der Waals surface area contributed by atoms with Gasteiger partial charge in [-0.05, 0) is 43.9 Å². The van der Waals surface area contributed by atoms with Crippen molar-refractivity contribution in [2.45, 2.75) is 38.6 Å². The largest absolute Gasteiger partial charge is 0.359 e. The van der Waals surface area contributed by atoms with Crippen molar-refractivity contribution in [3.05, 3.63) is 10.0 Å². The smallest absolute Gasteiger partial charge is 0.185 e. The van der Waals surface area contributed by atoms with Crippen LogP contribution in [0.15, 0.2) is 0 Å². The molecular formula is C13H16ClN3S. The van der Waals surface area contributed by atoms with Crippen LogP contribution in [-0.2, 0) is 0 Å². The molecule has 1 heterocycles. The first-order valence-electron chi connectivity index (χ1n) is 6.50. The fourth-order valence-corrected chi connectivity index (χ4v) is 4.68. The molecule has 2 saturated carbocycles. The summed E-state index contributed by atoms with van der Waals surface area (Å²) in [5.41, 5.74) is 0. The summed E-state index contributed by atoms with van der Waals surface area (Å²) in [6.45, 7) is 2.23. The summed E-state index contributed by atoms with van der Waals surface area (Å²) in [4.78, 5) is 4.70. The molecule has 1 aromatic rings. The molecule has 2 aliphatic carbocycles. The average molecular weight is 282 g/mol. The number of thiazole rings is 1. The van der Waals surface area contributed by atoms with Gasteiger partial charge in [-0.2, -0.15) is 5.26 Å². The van der Waals surface area contributed by atoms with Crippen LogP contribution >= 0.6 is 22.9 Å². The number of halogens is 1. The predicted octanol–water partition coefficient (Wildman–Crippen LogP) is 3.90. The lowest BCUT2D eigenvalue weighted by molar-refractivity contribution is 0.304. The zero-order valence-corrected chi connectivity index (χ0v) is 11.9. The topological polar surface area (TPSA) is 48.7 Å². The molecule has 0 spiro atoms. The molecule has 0 aliphatic heterocycles. The first kappa shape index (κ1) is 12.3. The van der Waals surface area contributed by atoms with E-state index in [4.69, 9.17) is 16.9 Å². The van der Waals surface area contributed by atoms with Gasteiger partial charge in [0.25, 0.3) is 0 Å². The van der Waals surface area contributed by atoms with Gasteiger partial charge in [-0.25, -0.2) is 4.98 Å². The minimum Gasteiger partial charge on any atom is -0.359 e. The van der Waals surface area contributed by atoms with Gasteiger partial charge in [0.05, 0.1) is 0 Å². The van der Waals surface area contributed by atoms with E-state index in [1.165, 1.54) is 37.0 Å². The minimum absolute atomic E-state index is 0.324. The first-order chi connectivity index (χ1) is 8.67. The Bertz CT molecular complexity index is 493. The molecule has 0 radical (unpaired) electrons. The zero-order valence-electron chi connectivity index (χ0n) is 10.3. The maximum Gasteiger partial charge on any atom is 0.185 e. The lowest BCUT2D eigenvalue weighted by atomic mass is 9.84. The van der Waals surface area contributed by atoms with Crippen molar-refractivity contribution in [2.24, 2.45) is 17.8 Å². The summed E-state index contributed by atoms with van der Waals surface area (Å²) in [5, 5.41) is 13.4. The van der Waals surface area contributed by atoms with E-state index in [9.17, 15) is 0 Å². The minimum atomic E-state index is 0.324. The van der Waals surface area contributed by atoms with Crippen molar-refractivity contribution in [3.63, 3.8) is 0 Å². The Morgan fingerprint density at radius 3 is 2.89 bits per heavy atom. The average Bonchev–Trinajstić information content (AvgIpc) is 3.03. The number of aromatic nitrogens is 1. The number of hydrogen-bond donors (Lipinski definition) is 1. The molecule has 4 unspecified atom stereocenters. The predicted molar refractivity (Wildman–Crippen MR) is 73.9 cm³/mol. The van der Waals surface area contributed by atoms with E-state index in [-0.39, 0.29) is 0 Å². The lowest BCUT2D eigenvalue weighted by Crippen LogP contribution is -2.29. The molecule has 2 bridgehead atoms. The van der Waals surface area contributed by atoms with Crippen LogP contribution in [0.25, 0.3) is 0 Å². The molecule has 0 amide bonds. The third-order valence-corrected chi connectivity index (χ3v) is 5.75. The summed E-state index contributed by atoms with van der Waals surface area (Å²) in [5.74, 6) is 2.61. The lowest BCUT2D eigenvalue weighted by Gasteiger charge is -2.28. The Morgan fingerprint density at radius 2 is 2.33 bits per heavy atom. The molecule has 3 rings (SSSR count). The first-order valence-corrected chi connectivity index (χ1v) is 7.69. The van der Waals surface area contributed by atoms with Gasteiger partial charge in [0.1, 0.15) is 10.9 Å². The Labute approximate surface area is 116 Å². The Hall–Kier alpha value is -0.790. The summed E-state index contributed by atoms with van der Waals surface area (Å²) in [6, 6.07) is 2.49. The number of nitrogens with one attached hydrogen (secondary N) is 1. The maximum absolute atomic E-state index is 8.87. The molecule has 5 heteroatoms. The number of hydrogen-bond acceptors (Lipinski definition) is 4. The highest BCUT2D eigenvalue weighted by Crippen LogP contribution is 2.50. The van der Waals surface area contributed by atoms with Gasteiger partial charge in [-0.1, -0.05) is 29.4 Å². The third-order valence-electron chi connectivity index (χ3n) is 4.47. The summed E-state index contributed by atoms with van der Waals surface area (Å²) >= 11 is 7.24. The van der Waals surface area contributed by atoms with Crippen molar-refractivity contribution in [1.82, 2.24) is 4.98 Å². The quantitative estimate of drug-likeness (QED) is 0.914. The van der Waals surface area contributed by atoms with Gasteiger partial charge >= 0.3 is 0 Å². The van der Waals surface area contributed by atoms with Crippen LogP contribution in [0, 0.1) is 29.1 Å². The molecule has 4 atom stereocenters. The number of nitrogens with zero attached hydrogens (tertiary/aromatic N) is 2. The number of fused-ring (bicyclic) bond motifs is 2. The van der Waals surface area contributed by atoms with Crippen LogP contribution in [0.1, 0.15) is 37.5 Å². The Kier molecular flexibility index (Phi) is 3.21. The van der Waals surface area contributed by atoms with E-state index >= 15 is 0 Å². The van der Waals surface area contributed by atoms with Crippen LogP contribution < -0.4 is 5.32 Å². The van der Waals surface area contributed by atoms with Gasteiger partial charge in [0.15, 0.2) is 10.3 Å². The molecule has 0 aromatic carbocycles. The van der Waals surface area contributed by atoms with E-state index in [1.807, 2.05) is 0 Å². The number of nitriles is 1. The van der Waals surface area contributed by atoms with E-state index in [2.05, 4.69) is 23.3 Å². The molecule has 1 aromatic heterocycles. The van der Waals surface area contributed by atoms with Crippen LogP contribution in [0.4, 0.5) is 5.13 Å². The Morgan fingerprint density at radius 1 is 1.50 bits per heavy atom. The van der Waals surface area contributed by atoms with Gasteiger partial charge in [0.2, 0.25) is 0 Å². The normalized spacial score (nSPS) is 31.3. The highest BCUT2D eigenvalue weighted by Gasteiger charge is 2.41. The highest BCUT2D eigenvalue weighted by atomic mass is 35.5. The van der Waals surface area contributed by atoms with Crippen LogP contribution in [0.5, 0.6) is 0 Å². The SMILES string of the molecule is CC(Nc1nc(Cl)c(C#N)s1)C1CC2CCC1C2. The van der Waals surface area contributed by atoms with Crippen LogP contribution in [0.3, 0.4) is 0 Å². The second-order valence-corrected chi connectivity index (χ2v) is 6.88. The molecule has 2 aliphatic rings. The van der Waals surface area contributed by atoms with E-state index in [1.54, 1.807) is 0 Å². The van der Waals surface area contributed by atoms with Gasteiger partial charge in [-0.3, -0.25) is 0 Å². The molecular weight excluding hydrogens is 266 g/mol. The summed E-state index contributed by atoms with van der Waals surface area (Å²) in [7, 11) is 0. The monoisotopic (exact) mass is 281 g/mol. The second-order valence-electron chi connectivity index (χ2n) is 5.52. The molecule has 96 valence electrons. The van der Waals surface area contributed by atoms with E-state index < -0.39 is 0 Å².